The highest BCUT2D eigenvalue weighted by Crippen LogP contribution is 2.34. The molecular weight excluding hydrogens is 254 g/mol. The summed E-state index contributed by atoms with van der Waals surface area (Å²) in [6.45, 7) is 8.61. The summed E-state index contributed by atoms with van der Waals surface area (Å²) in [5, 5.41) is 3.65. The van der Waals surface area contributed by atoms with Gasteiger partial charge in [-0.15, -0.1) is 0 Å². The third-order valence-corrected chi connectivity index (χ3v) is 4.59. The van der Waals surface area contributed by atoms with Gasteiger partial charge in [0.05, 0.1) is 5.56 Å². The van der Waals surface area contributed by atoms with Crippen molar-refractivity contribution in [1.82, 2.24) is 4.98 Å². The van der Waals surface area contributed by atoms with Gasteiger partial charge in [0.2, 0.25) is 0 Å². The summed E-state index contributed by atoms with van der Waals surface area (Å²) in [5.74, 6) is 1.45. The number of thiocarbonyl (C=S) groups is 1. The van der Waals surface area contributed by atoms with Gasteiger partial charge in [-0.1, -0.05) is 26.1 Å². The minimum absolute atomic E-state index is 0.422. The van der Waals surface area contributed by atoms with Crippen molar-refractivity contribution in [2.45, 2.75) is 46.6 Å². The lowest BCUT2D eigenvalue weighted by molar-refractivity contribution is 0.435. The standard InChI is InChI=1S/C15H23N3S/c1-8-5-6-12(10(8)3)18-13-7-9(2)17-11(4)14(13)15(16)19/h7-8,10,12H,5-6H2,1-4H3,(H2,16,19)(H,17,18). The van der Waals surface area contributed by atoms with Crippen molar-refractivity contribution < 1.29 is 0 Å². The Kier molecular flexibility index (Phi) is 4.09. The number of pyridine rings is 1. The lowest BCUT2D eigenvalue weighted by Gasteiger charge is -2.23. The van der Waals surface area contributed by atoms with E-state index in [1.807, 2.05) is 13.8 Å². The smallest absolute Gasteiger partial charge is 0.107 e. The van der Waals surface area contributed by atoms with Crippen molar-refractivity contribution in [3.05, 3.63) is 23.0 Å². The maximum Gasteiger partial charge on any atom is 0.107 e. The van der Waals surface area contributed by atoms with Crippen LogP contribution in [-0.4, -0.2) is 16.0 Å². The molecule has 0 radical (unpaired) electrons. The highest BCUT2D eigenvalue weighted by molar-refractivity contribution is 7.80. The topological polar surface area (TPSA) is 50.9 Å². The number of hydrogen-bond acceptors (Lipinski definition) is 3. The van der Waals surface area contributed by atoms with Crippen LogP contribution in [0.4, 0.5) is 5.69 Å². The number of hydrogen-bond donors (Lipinski definition) is 2. The second kappa shape index (κ2) is 5.45. The summed E-state index contributed by atoms with van der Waals surface area (Å²) in [6, 6.07) is 2.56. The number of nitrogens with zero attached hydrogens (tertiary/aromatic N) is 1. The lowest BCUT2D eigenvalue weighted by atomic mass is 9.97. The quantitative estimate of drug-likeness (QED) is 0.833. The van der Waals surface area contributed by atoms with Crippen molar-refractivity contribution in [3.63, 3.8) is 0 Å². The second-order valence-corrected chi connectivity index (χ2v) is 6.24. The van der Waals surface area contributed by atoms with Crippen molar-refractivity contribution in [2.24, 2.45) is 17.6 Å². The molecule has 0 bridgehead atoms. The molecule has 1 heterocycles. The molecule has 0 aliphatic heterocycles. The Morgan fingerprint density at radius 3 is 2.58 bits per heavy atom. The minimum Gasteiger partial charge on any atom is -0.389 e. The summed E-state index contributed by atoms with van der Waals surface area (Å²) in [5.41, 5.74) is 9.70. The van der Waals surface area contributed by atoms with Crippen LogP contribution in [0.25, 0.3) is 0 Å². The van der Waals surface area contributed by atoms with Crippen LogP contribution in [0.5, 0.6) is 0 Å². The molecule has 1 aliphatic carbocycles. The maximum absolute atomic E-state index is 5.85. The fraction of sp³-hybridized carbons (Fsp3) is 0.600. The Balaban J connectivity index is 2.32. The normalized spacial score (nSPS) is 26.4. The highest BCUT2D eigenvalue weighted by Gasteiger charge is 2.30. The summed E-state index contributed by atoms with van der Waals surface area (Å²) in [4.78, 5) is 4.88. The zero-order valence-corrected chi connectivity index (χ0v) is 13.0. The molecule has 104 valence electrons. The summed E-state index contributed by atoms with van der Waals surface area (Å²) < 4.78 is 0. The second-order valence-electron chi connectivity index (χ2n) is 5.80. The molecule has 0 spiro atoms. The molecule has 3 N–H and O–H groups in total. The molecule has 0 amide bonds. The molecular formula is C15H23N3S. The molecule has 2 rings (SSSR count). The fourth-order valence-corrected chi connectivity index (χ4v) is 3.28. The zero-order valence-electron chi connectivity index (χ0n) is 12.2. The van der Waals surface area contributed by atoms with Crippen LogP contribution in [0.3, 0.4) is 0 Å². The first-order valence-corrected chi connectivity index (χ1v) is 7.35. The van der Waals surface area contributed by atoms with Gasteiger partial charge in [0.1, 0.15) is 4.99 Å². The molecule has 19 heavy (non-hydrogen) atoms. The highest BCUT2D eigenvalue weighted by atomic mass is 32.1. The van der Waals surface area contributed by atoms with E-state index in [4.69, 9.17) is 18.0 Å². The molecule has 1 fully saturated rings. The van der Waals surface area contributed by atoms with Gasteiger partial charge >= 0.3 is 0 Å². The average Bonchev–Trinajstić information content (AvgIpc) is 2.59. The fourth-order valence-electron chi connectivity index (χ4n) is 3.02. The van der Waals surface area contributed by atoms with Crippen LogP contribution in [0.2, 0.25) is 0 Å². The number of aryl methyl sites for hydroxylation is 2. The molecule has 0 saturated heterocycles. The van der Waals surface area contributed by atoms with Crippen LogP contribution >= 0.6 is 12.2 Å². The Labute approximate surface area is 121 Å². The number of nitrogens with one attached hydrogen (secondary N) is 1. The van der Waals surface area contributed by atoms with Gasteiger partial charge in [0, 0.05) is 23.1 Å². The van der Waals surface area contributed by atoms with E-state index >= 15 is 0 Å². The zero-order chi connectivity index (χ0) is 14.2. The molecule has 0 aromatic carbocycles. The van der Waals surface area contributed by atoms with Crippen molar-refractivity contribution in [2.75, 3.05) is 5.32 Å². The van der Waals surface area contributed by atoms with Crippen molar-refractivity contribution >= 4 is 22.9 Å². The SMILES string of the molecule is Cc1cc(NC2CCC(C)C2C)c(C(N)=S)c(C)n1. The van der Waals surface area contributed by atoms with E-state index < -0.39 is 0 Å². The van der Waals surface area contributed by atoms with Crippen molar-refractivity contribution in [3.8, 4) is 0 Å². The number of nitrogens with two attached hydrogens (primary N) is 1. The van der Waals surface area contributed by atoms with Crippen LogP contribution < -0.4 is 11.1 Å². The van der Waals surface area contributed by atoms with Gasteiger partial charge in [-0.3, -0.25) is 4.98 Å². The number of aromatic nitrogens is 1. The molecule has 3 nitrogen and oxygen atoms in total. The van der Waals surface area contributed by atoms with Gasteiger partial charge in [-0.2, -0.15) is 0 Å². The first-order chi connectivity index (χ1) is 8.90. The summed E-state index contributed by atoms with van der Waals surface area (Å²) >= 11 is 5.17. The molecule has 1 aromatic heterocycles. The van der Waals surface area contributed by atoms with Crippen molar-refractivity contribution in [1.29, 1.82) is 0 Å². The van der Waals surface area contributed by atoms with Crippen LogP contribution in [0.1, 0.15) is 43.6 Å². The Hall–Kier alpha value is -1.16. The van der Waals surface area contributed by atoms with E-state index in [0.29, 0.717) is 16.9 Å². The first kappa shape index (κ1) is 14.3. The van der Waals surface area contributed by atoms with Crippen LogP contribution in [-0.2, 0) is 0 Å². The third-order valence-electron chi connectivity index (χ3n) is 4.38. The maximum atomic E-state index is 5.85. The van der Waals surface area contributed by atoms with Gasteiger partial charge in [0.25, 0.3) is 0 Å². The molecule has 3 atom stereocenters. The Morgan fingerprint density at radius 2 is 2.05 bits per heavy atom. The van der Waals surface area contributed by atoms with E-state index in [1.165, 1.54) is 12.8 Å². The third kappa shape index (κ3) is 2.89. The predicted octanol–water partition coefficient (Wildman–Crippen LogP) is 3.18. The van der Waals surface area contributed by atoms with Crippen LogP contribution in [0.15, 0.2) is 6.07 Å². The van der Waals surface area contributed by atoms with Gasteiger partial charge < -0.3 is 11.1 Å². The summed E-state index contributed by atoms with van der Waals surface area (Å²) in [7, 11) is 0. The van der Waals surface area contributed by atoms with E-state index in [1.54, 1.807) is 0 Å². The van der Waals surface area contributed by atoms with E-state index in [9.17, 15) is 0 Å². The van der Waals surface area contributed by atoms with Gasteiger partial charge in [-0.05, 0) is 44.6 Å². The largest absolute Gasteiger partial charge is 0.389 e. The predicted molar refractivity (Wildman–Crippen MR) is 84.6 cm³/mol. The number of rotatable bonds is 3. The molecule has 3 unspecified atom stereocenters. The van der Waals surface area contributed by atoms with Gasteiger partial charge in [-0.25, -0.2) is 0 Å². The Morgan fingerprint density at radius 1 is 1.37 bits per heavy atom. The Bertz CT molecular complexity index is 498. The van der Waals surface area contributed by atoms with E-state index in [2.05, 4.69) is 30.2 Å². The first-order valence-electron chi connectivity index (χ1n) is 6.94. The molecule has 1 aromatic rings. The summed E-state index contributed by atoms with van der Waals surface area (Å²) in [6.07, 6.45) is 2.49. The molecule has 1 saturated carbocycles. The number of anilines is 1. The van der Waals surface area contributed by atoms with Crippen LogP contribution in [0, 0.1) is 25.7 Å². The van der Waals surface area contributed by atoms with Gasteiger partial charge in [0.15, 0.2) is 0 Å². The minimum atomic E-state index is 0.422. The van der Waals surface area contributed by atoms with E-state index in [-0.39, 0.29) is 0 Å². The molecule has 4 heteroatoms. The average molecular weight is 277 g/mol. The van der Waals surface area contributed by atoms with E-state index in [0.717, 1.165) is 28.6 Å². The monoisotopic (exact) mass is 277 g/mol. The lowest BCUT2D eigenvalue weighted by Crippen LogP contribution is -2.26. The molecule has 1 aliphatic rings.